The highest BCUT2D eigenvalue weighted by atomic mass is 16.5. The van der Waals surface area contributed by atoms with Crippen LogP contribution >= 0.6 is 0 Å². The Morgan fingerprint density at radius 3 is 1.20 bits per heavy atom. The van der Waals surface area contributed by atoms with E-state index in [9.17, 15) is 19.5 Å². The van der Waals surface area contributed by atoms with Gasteiger partial charge in [-0.05, 0) is 128 Å². The van der Waals surface area contributed by atoms with Crippen molar-refractivity contribution in [1.29, 1.82) is 0 Å². The first-order valence-electron chi connectivity index (χ1n) is 30.5. The van der Waals surface area contributed by atoms with Crippen molar-refractivity contribution in [1.82, 2.24) is 9.80 Å². The van der Waals surface area contributed by atoms with Gasteiger partial charge in [0.15, 0.2) is 0 Å². The van der Waals surface area contributed by atoms with Crippen molar-refractivity contribution in [2.24, 2.45) is 17.8 Å². The van der Waals surface area contributed by atoms with E-state index in [0.717, 1.165) is 83.7 Å². The summed E-state index contributed by atoms with van der Waals surface area (Å²) in [7, 11) is 3.90. The molecule has 1 fully saturated rings. The normalized spacial score (nSPS) is 16.4. The lowest BCUT2D eigenvalue weighted by Crippen LogP contribution is -2.46. The SMILES string of the molecule is CCCCCCCCC(CCCCCCCC)COC(=O)CCCCCN(CCCCCC(=O)OCC(CCCCCCCC)CCCCCCCC)CC1(O)CCC(CCC(=O)CN(C)C)CC1. The predicted octanol–water partition coefficient (Wildman–Crippen LogP) is 16.6. The van der Waals surface area contributed by atoms with Crippen molar-refractivity contribution in [3.8, 4) is 0 Å². The average molecular weight is 976 g/mol. The third-order valence-corrected chi connectivity index (χ3v) is 15.4. The van der Waals surface area contributed by atoms with Crippen LogP contribution in [0.5, 0.6) is 0 Å². The lowest BCUT2D eigenvalue weighted by molar-refractivity contribution is -0.146. The summed E-state index contributed by atoms with van der Waals surface area (Å²) in [4.78, 5) is 42.7. The first-order valence-corrected chi connectivity index (χ1v) is 30.5. The Morgan fingerprint density at radius 2 is 0.841 bits per heavy atom. The Balaban J connectivity index is 2.66. The maximum atomic E-state index is 13.0. The van der Waals surface area contributed by atoms with E-state index in [0.29, 0.717) is 69.1 Å². The van der Waals surface area contributed by atoms with Crippen LogP contribution in [0, 0.1) is 17.8 Å². The maximum Gasteiger partial charge on any atom is 0.305 e. The van der Waals surface area contributed by atoms with E-state index in [-0.39, 0.29) is 11.9 Å². The molecule has 0 aromatic heterocycles. The van der Waals surface area contributed by atoms with Gasteiger partial charge in [-0.2, -0.15) is 0 Å². The molecule has 0 aromatic rings. The Bertz CT molecular complexity index is 1080. The lowest BCUT2D eigenvalue weighted by Gasteiger charge is -2.39. The first kappa shape index (κ1) is 65.5. The van der Waals surface area contributed by atoms with Gasteiger partial charge >= 0.3 is 11.9 Å². The number of hydrogen-bond donors (Lipinski definition) is 1. The molecule has 0 saturated heterocycles. The van der Waals surface area contributed by atoms with Gasteiger partial charge in [0, 0.05) is 25.8 Å². The van der Waals surface area contributed by atoms with E-state index in [1.54, 1.807) is 0 Å². The van der Waals surface area contributed by atoms with E-state index >= 15 is 0 Å². The Kier molecular flexibility index (Phi) is 43.9. The molecule has 69 heavy (non-hydrogen) atoms. The van der Waals surface area contributed by atoms with Crippen LogP contribution in [0.15, 0.2) is 0 Å². The zero-order chi connectivity index (χ0) is 50.5. The highest BCUT2D eigenvalue weighted by Crippen LogP contribution is 2.35. The summed E-state index contributed by atoms with van der Waals surface area (Å²) in [6, 6.07) is 0. The third-order valence-electron chi connectivity index (χ3n) is 15.4. The largest absolute Gasteiger partial charge is 0.465 e. The second-order valence-electron chi connectivity index (χ2n) is 22.7. The fourth-order valence-electron chi connectivity index (χ4n) is 10.7. The summed E-state index contributed by atoms with van der Waals surface area (Å²) in [5.74, 6) is 1.71. The van der Waals surface area contributed by atoms with Gasteiger partial charge in [-0.3, -0.25) is 14.4 Å². The van der Waals surface area contributed by atoms with Crippen LogP contribution in [0.3, 0.4) is 0 Å². The molecule has 8 heteroatoms. The van der Waals surface area contributed by atoms with Gasteiger partial charge in [0.05, 0.1) is 25.4 Å². The van der Waals surface area contributed by atoms with Gasteiger partial charge in [0.2, 0.25) is 0 Å². The molecule has 0 amide bonds. The van der Waals surface area contributed by atoms with Crippen molar-refractivity contribution in [3.05, 3.63) is 0 Å². The molecule has 408 valence electrons. The summed E-state index contributed by atoms with van der Waals surface area (Å²) < 4.78 is 11.9. The molecule has 1 rings (SSSR count). The minimum absolute atomic E-state index is 0.0399. The van der Waals surface area contributed by atoms with Gasteiger partial charge in [-0.15, -0.1) is 0 Å². The molecule has 1 aliphatic rings. The number of ether oxygens (including phenoxy) is 2. The van der Waals surface area contributed by atoms with Crippen LogP contribution in [-0.4, -0.2) is 91.7 Å². The van der Waals surface area contributed by atoms with E-state index in [4.69, 9.17) is 9.47 Å². The molecule has 0 aliphatic heterocycles. The highest BCUT2D eigenvalue weighted by molar-refractivity contribution is 5.80. The number of esters is 2. The molecule has 1 aliphatic carbocycles. The first-order chi connectivity index (χ1) is 33.5. The molecule has 0 spiro atoms. The number of unbranched alkanes of at least 4 members (excludes halogenated alkanes) is 24. The molecular formula is C61H118N2O6. The molecule has 0 heterocycles. The van der Waals surface area contributed by atoms with E-state index < -0.39 is 5.60 Å². The van der Waals surface area contributed by atoms with Crippen LogP contribution in [0.4, 0.5) is 0 Å². The smallest absolute Gasteiger partial charge is 0.305 e. The number of aliphatic hydroxyl groups is 1. The summed E-state index contributed by atoms with van der Waals surface area (Å²) in [5, 5.41) is 11.9. The zero-order valence-corrected chi connectivity index (χ0v) is 47.1. The highest BCUT2D eigenvalue weighted by Gasteiger charge is 2.34. The van der Waals surface area contributed by atoms with Crippen molar-refractivity contribution in [2.45, 2.75) is 303 Å². The third kappa shape index (κ3) is 40.6. The Hall–Kier alpha value is -1.51. The minimum atomic E-state index is -0.707. The molecular weight excluding hydrogens is 857 g/mol. The summed E-state index contributed by atoms with van der Waals surface area (Å²) in [6.45, 7) is 13.2. The Labute approximate surface area is 429 Å². The fourth-order valence-corrected chi connectivity index (χ4v) is 10.7. The van der Waals surface area contributed by atoms with Gasteiger partial charge in [-0.1, -0.05) is 195 Å². The van der Waals surface area contributed by atoms with Crippen molar-refractivity contribution >= 4 is 17.7 Å². The van der Waals surface area contributed by atoms with Gasteiger partial charge in [-0.25, -0.2) is 0 Å². The van der Waals surface area contributed by atoms with Crippen LogP contribution < -0.4 is 0 Å². The topological polar surface area (TPSA) is 96.4 Å². The number of rotatable bonds is 51. The lowest BCUT2D eigenvalue weighted by atomic mass is 9.76. The van der Waals surface area contributed by atoms with Crippen molar-refractivity contribution < 1.29 is 29.0 Å². The number of carbonyl (C=O) groups excluding carboxylic acids is 3. The monoisotopic (exact) mass is 975 g/mol. The van der Waals surface area contributed by atoms with Crippen molar-refractivity contribution in [3.63, 3.8) is 0 Å². The van der Waals surface area contributed by atoms with E-state index in [2.05, 4.69) is 32.6 Å². The Morgan fingerprint density at radius 1 is 0.493 bits per heavy atom. The van der Waals surface area contributed by atoms with Gasteiger partial charge < -0.3 is 24.4 Å². The fraction of sp³-hybridized carbons (Fsp3) is 0.951. The summed E-state index contributed by atoms with van der Waals surface area (Å²) in [6.07, 6.45) is 47.6. The second-order valence-corrected chi connectivity index (χ2v) is 22.7. The van der Waals surface area contributed by atoms with Gasteiger partial charge in [0.25, 0.3) is 0 Å². The number of Topliss-reactive ketones (excluding diaryl/α,β-unsaturated/α-hetero) is 1. The van der Waals surface area contributed by atoms with E-state index in [1.807, 2.05) is 19.0 Å². The molecule has 0 radical (unpaired) electrons. The van der Waals surface area contributed by atoms with Crippen LogP contribution in [0.2, 0.25) is 0 Å². The van der Waals surface area contributed by atoms with Crippen LogP contribution in [-0.2, 0) is 23.9 Å². The van der Waals surface area contributed by atoms with Crippen molar-refractivity contribution in [2.75, 3.05) is 53.5 Å². The summed E-state index contributed by atoms with van der Waals surface area (Å²) in [5.41, 5.74) is -0.707. The second kappa shape index (κ2) is 46.3. The molecule has 0 atom stereocenters. The number of hydrogen-bond acceptors (Lipinski definition) is 8. The number of ketones is 1. The van der Waals surface area contributed by atoms with Gasteiger partial charge in [0.1, 0.15) is 5.78 Å². The molecule has 8 nitrogen and oxygen atoms in total. The molecule has 0 aromatic carbocycles. The molecule has 0 bridgehead atoms. The number of carbonyl (C=O) groups is 3. The average Bonchev–Trinajstić information content (AvgIpc) is 3.32. The molecule has 1 saturated carbocycles. The quantitative estimate of drug-likeness (QED) is 0.0476. The molecule has 0 unspecified atom stereocenters. The number of nitrogens with zero attached hydrogens (tertiary/aromatic N) is 2. The summed E-state index contributed by atoms with van der Waals surface area (Å²) >= 11 is 0. The predicted molar refractivity (Wildman–Crippen MR) is 294 cm³/mol. The zero-order valence-electron chi connectivity index (χ0n) is 47.1. The van der Waals surface area contributed by atoms with Crippen LogP contribution in [0.25, 0.3) is 0 Å². The number of likely N-dealkylation sites (N-methyl/N-ethyl adjacent to an activating group) is 1. The standard InChI is InChI=1S/C61H118N2O6/c1-7-11-15-19-23-29-37-56(38-30-24-20-16-12-8-2)52-68-59(65)41-33-27-35-49-63(54-61(67)47-45-55(46-48-61)43-44-58(64)51-62(5)6)50-36-28-34-42-60(66)69-53-57(39-31-25-21-17-13-9-3)40-32-26-22-18-14-10-4/h55-57,67H,7-54H2,1-6H3. The van der Waals surface area contributed by atoms with E-state index in [1.165, 1.54) is 180 Å². The minimum Gasteiger partial charge on any atom is -0.465 e. The maximum absolute atomic E-state index is 13.0. The molecule has 1 N–H and O–H groups in total. The van der Waals surface area contributed by atoms with Crippen LogP contribution in [0.1, 0.15) is 297 Å².